The van der Waals surface area contributed by atoms with Crippen molar-refractivity contribution >= 4 is 16.7 Å². The van der Waals surface area contributed by atoms with Crippen LogP contribution >= 0.6 is 0 Å². The highest BCUT2D eigenvalue weighted by Gasteiger charge is 2.21. The highest BCUT2D eigenvalue weighted by atomic mass is 16.5. The maximum atomic E-state index is 12.5. The molecule has 29 heavy (non-hydrogen) atoms. The second kappa shape index (κ2) is 8.66. The predicted molar refractivity (Wildman–Crippen MR) is 114 cm³/mol. The molecule has 0 radical (unpaired) electrons. The number of carbonyl (C=O) groups is 1. The van der Waals surface area contributed by atoms with Gasteiger partial charge in [0.15, 0.2) is 6.61 Å². The molecule has 1 aromatic heterocycles. The number of aromatic nitrogens is 2. The Morgan fingerprint density at radius 2 is 1.72 bits per heavy atom. The smallest absolute Gasteiger partial charge is 0.260 e. The molecule has 0 N–H and O–H groups in total. The van der Waals surface area contributed by atoms with Crippen LogP contribution in [0.25, 0.3) is 10.8 Å². The minimum atomic E-state index is 0.0522. The third kappa shape index (κ3) is 4.77. The van der Waals surface area contributed by atoms with Gasteiger partial charge in [-0.05, 0) is 42.8 Å². The molecule has 3 aromatic rings. The van der Waals surface area contributed by atoms with E-state index in [1.165, 1.54) is 11.1 Å². The Balaban J connectivity index is 1.22. The number of benzene rings is 2. The summed E-state index contributed by atoms with van der Waals surface area (Å²) in [6, 6.07) is 16.2. The van der Waals surface area contributed by atoms with Crippen LogP contribution in [0.1, 0.15) is 11.4 Å². The largest absolute Gasteiger partial charge is 0.484 e. The van der Waals surface area contributed by atoms with E-state index < -0.39 is 0 Å². The normalized spacial score (nSPS) is 15.0. The minimum Gasteiger partial charge on any atom is -0.484 e. The van der Waals surface area contributed by atoms with Gasteiger partial charge < -0.3 is 9.64 Å². The van der Waals surface area contributed by atoms with Crippen LogP contribution in [0.5, 0.6) is 5.75 Å². The third-order valence-corrected chi connectivity index (χ3v) is 5.54. The summed E-state index contributed by atoms with van der Waals surface area (Å²) in [5.74, 6) is 0.789. The molecule has 6 nitrogen and oxygen atoms in total. The van der Waals surface area contributed by atoms with Gasteiger partial charge in [-0.2, -0.15) is 5.10 Å². The Kier molecular flexibility index (Phi) is 5.81. The van der Waals surface area contributed by atoms with Crippen LogP contribution in [0.4, 0.5) is 0 Å². The molecule has 1 fully saturated rings. The van der Waals surface area contributed by atoms with Gasteiger partial charge in [0.2, 0.25) is 0 Å². The molecule has 0 spiro atoms. The molecule has 0 unspecified atom stereocenters. The summed E-state index contributed by atoms with van der Waals surface area (Å²) in [6.07, 6.45) is 0. The van der Waals surface area contributed by atoms with Crippen LogP contribution in [0.2, 0.25) is 0 Å². The van der Waals surface area contributed by atoms with E-state index in [0.29, 0.717) is 0 Å². The van der Waals surface area contributed by atoms with E-state index in [-0.39, 0.29) is 12.5 Å². The Hall–Kier alpha value is -2.86. The van der Waals surface area contributed by atoms with Gasteiger partial charge in [-0.15, -0.1) is 0 Å². The zero-order valence-corrected chi connectivity index (χ0v) is 17.2. The first kappa shape index (κ1) is 19.5. The molecule has 1 aliphatic heterocycles. The minimum absolute atomic E-state index is 0.0522. The summed E-state index contributed by atoms with van der Waals surface area (Å²) in [6.45, 7) is 9.32. The van der Waals surface area contributed by atoms with Gasteiger partial charge >= 0.3 is 0 Å². The fourth-order valence-electron chi connectivity index (χ4n) is 3.85. The standard InChI is InChI=1S/C23H28N4O2/c1-18-15-19(2)27(24-18)14-11-25-9-12-26(13-10-25)23(28)17-29-22-8-7-20-5-3-4-6-21(20)16-22/h3-8,15-16H,9-14,17H2,1-2H3. The van der Waals surface area contributed by atoms with Crippen molar-refractivity contribution in [1.29, 1.82) is 0 Å². The van der Waals surface area contributed by atoms with Crippen molar-refractivity contribution in [3.63, 3.8) is 0 Å². The lowest BCUT2D eigenvalue weighted by atomic mass is 10.1. The first-order valence-electron chi connectivity index (χ1n) is 10.2. The van der Waals surface area contributed by atoms with E-state index in [4.69, 9.17) is 4.74 Å². The number of fused-ring (bicyclic) bond motifs is 1. The molecule has 2 heterocycles. The quantitative estimate of drug-likeness (QED) is 0.647. The number of aryl methyl sites for hydroxylation is 2. The van der Waals surface area contributed by atoms with Crippen LogP contribution in [0.3, 0.4) is 0 Å². The van der Waals surface area contributed by atoms with Crippen molar-refractivity contribution in [2.45, 2.75) is 20.4 Å². The van der Waals surface area contributed by atoms with Gasteiger partial charge in [-0.1, -0.05) is 30.3 Å². The highest BCUT2D eigenvalue weighted by molar-refractivity contribution is 5.84. The van der Waals surface area contributed by atoms with Crippen molar-refractivity contribution in [1.82, 2.24) is 19.6 Å². The SMILES string of the molecule is Cc1cc(C)n(CCN2CCN(C(=O)COc3ccc4ccccc4c3)CC2)n1. The number of piperazine rings is 1. The number of ether oxygens (including phenoxy) is 1. The lowest BCUT2D eigenvalue weighted by Gasteiger charge is -2.34. The van der Waals surface area contributed by atoms with Crippen molar-refractivity contribution in [3.8, 4) is 5.75 Å². The summed E-state index contributed by atoms with van der Waals surface area (Å²) in [4.78, 5) is 16.8. The van der Waals surface area contributed by atoms with Crippen molar-refractivity contribution in [2.24, 2.45) is 0 Å². The zero-order chi connectivity index (χ0) is 20.2. The average molecular weight is 393 g/mol. The average Bonchev–Trinajstić information content (AvgIpc) is 3.07. The van der Waals surface area contributed by atoms with Gasteiger partial charge in [0, 0.05) is 38.4 Å². The Bertz CT molecular complexity index is 989. The number of hydrogen-bond acceptors (Lipinski definition) is 4. The monoisotopic (exact) mass is 392 g/mol. The molecule has 152 valence electrons. The summed E-state index contributed by atoms with van der Waals surface area (Å²) in [5.41, 5.74) is 2.26. The Morgan fingerprint density at radius 3 is 2.45 bits per heavy atom. The Morgan fingerprint density at radius 1 is 0.966 bits per heavy atom. The molecule has 0 aliphatic carbocycles. The van der Waals surface area contributed by atoms with E-state index in [1.807, 2.05) is 42.2 Å². The maximum absolute atomic E-state index is 12.5. The summed E-state index contributed by atoms with van der Waals surface area (Å²) in [5, 5.41) is 6.81. The topological polar surface area (TPSA) is 50.6 Å². The second-order valence-corrected chi connectivity index (χ2v) is 7.67. The third-order valence-electron chi connectivity index (χ3n) is 5.54. The summed E-state index contributed by atoms with van der Waals surface area (Å²) < 4.78 is 7.82. The van der Waals surface area contributed by atoms with Crippen LogP contribution in [-0.4, -0.2) is 64.8 Å². The van der Waals surface area contributed by atoms with Crippen molar-refractivity contribution in [2.75, 3.05) is 39.3 Å². The van der Waals surface area contributed by atoms with Gasteiger partial charge in [-0.25, -0.2) is 0 Å². The summed E-state index contributed by atoms with van der Waals surface area (Å²) >= 11 is 0. The van der Waals surface area contributed by atoms with Crippen LogP contribution in [0, 0.1) is 13.8 Å². The molecule has 2 aromatic carbocycles. The molecule has 6 heteroatoms. The van der Waals surface area contributed by atoms with Gasteiger partial charge in [-0.3, -0.25) is 14.4 Å². The maximum Gasteiger partial charge on any atom is 0.260 e. The fraction of sp³-hybridized carbons (Fsp3) is 0.391. The highest BCUT2D eigenvalue weighted by Crippen LogP contribution is 2.20. The zero-order valence-electron chi connectivity index (χ0n) is 17.2. The number of nitrogens with zero attached hydrogens (tertiary/aromatic N) is 4. The van der Waals surface area contributed by atoms with E-state index in [2.05, 4.69) is 39.8 Å². The number of amides is 1. The predicted octanol–water partition coefficient (Wildman–Crippen LogP) is 2.88. The first-order chi connectivity index (χ1) is 14.1. The Labute approximate surface area is 171 Å². The van der Waals surface area contributed by atoms with Crippen molar-refractivity contribution < 1.29 is 9.53 Å². The molecule has 4 rings (SSSR count). The molecule has 0 bridgehead atoms. The van der Waals surface area contributed by atoms with Crippen LogP contribution in [0.15, 0.2) is 48.5 Å². The van der Waals surface area contributed by atoms with Crippen LogP contribution in [-0.2, 0) is 11.3 Å². The van der Waals surface area contributed by atoms with Crippen molar-refractivity contribution in [3.05, 3.63) is 59.9 Å². The van der Waals surface area contributed by atoms with E-state index >= 15 is 0 Å². The summed E-state index contributed by atoms with van der Waals surface area (Å²) in [7, 11) is 0. The number of rotatable bonds is 6. The van der Waals surface area contributed by atoms with Gasteiger partial charge in [0.25, 0.3) is 5.91 Å². The van der Waals surface area contributed by atoms with Gasteiger partial charge in [0.05, 0.1) is 12.2 Å². The molecular weight excluding hydrogens is 364 g/mol. The van der Waals surface area contributed by atoms with E-state index in [9.17, 15) is 4.79 Å². The molecule has 1 aliphatic rings. The number of hydrogen-bond donors (Lipinski definition) is 0. The lowest BCUT2D eigenvalue weighted by Crippen LogP contribution is -2.50. The molecular formula is C23H28N4O2. The fourth-order valence-corrected chi connectivity index (χ4v) is 3.85. The molecule has 1 saturated heterocycles. The van der Waals surface area contributed by atoms with E-state index in [1.54, 1.807) is 0 Å². The molecule has 1 amide bonds. The molecule has 0 atom stereocenters. The second-order valence-electron chi connectivity index (χ2n) is 7.67. The first-order valence-corrected chi connectivity index (χ1v) is 10.2. The molecule has 0 saturated carbocycles. The number of carbonyl (C=O) groups excluding carboxylic acids is 1. The van der Waals surface area contributed by atoms with Crippen LogP contribution < -0.4 is 4.74 Å². The van der Waals surface area contributed by atoms with Gasteiger partial charge in [0.1, 0.15) is 5.75 Å². The van der Waals surface area contributed by atoms with E-state index in [0.717, 1.165) is 56.1 Å². The lowest BCUT2D eigenvalue weighted by molar-refractivity contribution is -0.135.